The maximum atomic E-state index is 13.5. The molecule has 0 aliphatic carbocycles. The van der Waals surface area contributed by atoms with Crippen molar-refractivity contribution >= 4 is 22.5 Å². The van der Waals surface area contributed by atoms with Crippen molar-refractivity contribution < 1.29 is 18.7 Å². The molecule has 7 nitrogen and oxygen atoms in total. The van der Waals surface area contributed by atoms with Crippen molar-refractivity contribution in [2.75, 3.05) is 18.5 Å². The lowest BCUT2D eigenvalue weighted by Gasteiger charge is -2.19. The Kier molecular flexibility index (Phi) is 3.80. The Morgan fingerprint density at radius 3 is 2.73 bits per heavy atom. The molecule has 1 aliphatic heterocycles. The summed E-state index contributed by atoms with van der Waals surface area (Å²) < 4.78 is 25.8. The molecule has 132 valence electrons. The number of hydrogen-bond donors (Lipinski definition) is 1. The first-order valence-corrected chi connectivity index (χ1v) is 7.90. The van der Waals surface area contributed by atoms with Gasteiger partial charge in [0.15, 0.2) is 17.2 Å². The SMILES string of the molecule is Cn1nc(C(=O)Nc2ccc3c(c2)OCCO3)c(=O)c2cc(F)ccc21. The molecule has 0 saturated heterocycles. The van der Waals surface area contributed by atoms with Gasteiger partial charge in [0.25, 0.3) is 5.91 Å². The van der Waals surface area contributed by atoms with Gasteiger partial charge in [0, 0.05) is 18.8 Å². The van der Waals surface area contributed by atoms with E-state index in [1.807, 2.05) is 0 Å². The number of nitrogens with one attached hydrogen (secondary N) is 1. The normalized spacial score (nSPS) is 12.8. The summed E-state index contributed by atoms with van der Waals surface area (Å²) in [4.78, 5) is 25.1. The third-order valence-corrected chi connectivity index (χ3v) is 4.03. The number of anilines is 1. The van der Waals surface area contributed by atoms with Crippen LogP contribution in [0.15, 0.2) is 41.2 Å². The van der Waals surface area contributed by atoms with Gasteiger partial charge in [-0.05, 0) is 30.3 Å². The van der Waals surface area contributed by atoms with Crippen molar-refractivity contribution in [3.8, 4) is 11.5 Å². The van der Waals surface area contributed by atoms with Crippen LogP contribution in [0.25, 0.3) is 10.9 Å². The van der Waals surface area contributed by atoms with Crippen LogP contribution >= 0.6 is 0 Å². The maximum absolute atomic E-state index is 13.5. The molecule has 1 aromatic heterocycles. The fourth-order valence-corrected chi connectivity index (χ4v) is 2.81. The largest absolute Gasteiger partial charge is 0.486 e. The summed E-state index contributed by atoms with van der Waals surface area (Å²) in [6.45, 7) is 0.884. The van der Waals surface area contributed by atoms with Gasteiger partial charge in [-0.15, -0.1) is 0 Å². The van der Waals surface area contributed by atoms with E-state index in [0.717, 1.165) is 6.07 Å². The number of ether oxygens (including phenoxy) is 2. The molecule has 0 unspecified atom stereocenters. The van der Waals surface area contributed by atoms with Gasteiger partial charge in [0.1, 0.15) is 19.0 Å². The molecule has 8 heteroatoms. The number of carbonyl (C=O) groups is 1. The van der Waals surface area contributed by atoms with Crippen molar-refractivity contribution in [3.05, 3.63) is 58.1 Å². The van der Waals surface area contributed by atoms with Gasteiger partial charge in [-0.2, -0.15) is 5.10 Å². The fraction of sp³-hybridized carbons (Fsp3) is 0.167. The molecule has 1 amide bonds. The number of carbonyl (C=O) groups excluding carboxylic acids is 1. The molecular weight excluding hydrogens is 341 g/mol. The van der Waals surface area contributed by atoms with Crippen molar-refractivity contribution in [2.24, 2.45) is 7.05 Å². The standard InChI is InChI=1S/C18H14FN3O4/c1-22-13-4-2-10(19)8-12(13)17(23)16(21-22)18(24)20-11-3-5-14-15(9-11)26-7-6-25-14/h2-5,8-9H,6-7H2,1H3,(H,20,24). The summed E-state index contributed by atoms with van der Waals surface area (Å²) in [7, 11) is 1.58. The van der Waals surface area contributed by atoms with Gasteiger partial charge in [0.2, 0.25) is 5.43 Å². The first kappa shape index (κ1) is 16.1. The van der Waals surface area contributed by atoms with Crippen LogP contribution in [-0.4, -0.2) is 28.9 Å². The van der Waals surface area contributed by atoms with Gasteiger partial charge >= 0.3 is 0 Å². The summed E-state index contributed by atoms with van der Waals surface area (Å²) >= 11 is 0. The third-order valence-electron chi connectivity index (χ3n) is 4.03. The Balaban J connectivity index is 1.70. The minimum Gasteiger partial charge on any atom is -0.486 e. The van der Waals surface area contributed by atoms with E-state index < -0.39 is 17.2 Å². The van der Waals surface area contributed by atoms with E-state index >= 15 is 0 Å². The molecule has 0 spiro atoms. The van der Waals surface area contributed by atoms with Gasteiger partial charge in [-0.25, -0.2) is 4.39 Å². The van der Waals surface area contributed by atoms with E-state index in [4.69, 9.17) is 9.47 Å². The lowest BCUT2D eigenvalue weighted by Crippen LogP contribution is -2.26. The molecule has 1 aliphatic rings. The average Bonchev–Trinajstić information content (AvgIpc) is 2.64. The third kappa shape index (κ3) is 2.75. The zero-order valence-electron chi connectivity index (χ0n) is 13.8. The predicted octanol–water partition coefficient (Wildman–Crippen LogP) is 2.10. The monoisotopic (exact) mass is 355 g/mol. The average molecular weight is 355 g/mol. The molecule has 26 heavy (non-hydrogen) atoms. The Morgan fingerprint density at radius 2 is 1.92 bits per heavy atom. The molecule has 0 radical (unpaired) electrons. The number of benzene rings is 2. The topological polar surface area (TPSA) is 82.5 Å². The number of fused-ring (bicyclic) bond motifs is 2. The second-order valence-electron chi connectivity index (χ2n) is 5.78. The lowest BCUT2D eigenvalue weighted by atomic mass is 10.2. The van der Waals surface area contributed by atoms with Gasteiger partial charge in [-0.3, -0.25) is 14.3 Å². The highest BCUT2D eigenvalue weighted by molar-refractivity contribution is 6.04. The maximum Gasteiger partial charge on any atom is 0.280 e. The Hall–Kier alpha value is -3.42. The number of nitrogens with zero attached hydrogens (tertiary/aromatic N) is 2. The summed E-state index contributed by atoms with van der Waals surface area (Å²) in [5.74, 6) is -0.146. The van der Waals surface area contributed by atoms with Crippen LogP contribution in [0.2, 0.25) is 0 Å². The van der Waals surface area contributed by atoms with Crippen LogP contribution < -0.4 is 20.2 Å². The Labute approximate surface area is 147 Å². The van der Waals surface area contributed by atoms with E-state index in [1.54, 1.807) is 25.2 Å². The number of amides is 1. The second kappa shape index (κ2) is 6.14. The lowest BCUT2D eigenvalue weighted by molar-refractivity contribution is 0.101. The number of aromatic nitrogens is 2. The van der Waals surface area contributed by atoms with E-state index in [1.165, 1.54) is 16.8 Å². The first-order chi connectivity index (χ1) is 12.5. The summed E-state index contributed by atoms with van der Waals surface area (Å²) in [5, 5.41) is 6.73. The molecule has 2 heterocycles. The minimum absolute atomic E-state index is 0.0924. The molecule has 0 fully saturated rings. The number of aryl methyl sites for hydroxylation is 1. The van der Waals surface area contributed by atoms with E-state index in [-0.39, 0.29) is 11.1 Å². The van der Waals surface area contributed by atoms with Crippen molar-refractivity contribution in [1.82, 2.24) is 9.78 Å². The van der Waals surface area contributed by atoms with Crippen LogP contribution in [0.1, 0.15) is 10.5 Å². The Morgan fingerprint density at radius 1 is 1.15 bits per heavy atom. The van der Waals surface area contributed by atoms with Crippen LogP contribution in [-0.2, 0) is 7.05 Å². The van der Waals surface area contributed by atoms with Crippen molar-refractivity contribution in [3.63, 3.8) is 0 Å². The summed E-state index contributed by atoms with van der Waals surface area (Å²) in [6, 6.07) is 8.69. The molecule has 1 N–H and O–H groups in total. The summed E-state index contributed by atoms with van der Waals surface area (Å²) in [5.41, 5.74) is -0.0807. The molecular formula is C18H14FN3O4. The van der Waals surface area contributed by atoms with Crippen LogP contribution in [0.3, 0.4) is 0 Å². The van der Waals surface area contributed by atoms with Crippen molar-refractivity contribution in [2.45, 2.75) is 0 Å². The molecule has 3 aromatic rings. The Bertz CT molecular complexity index is 1090. The van der Waals surface area contributed by atoms with Crippen LogP contribution in [0, 0.1) is 5.82 Å². The summed E-state index contributed by atoms with van der Waals surface area (Å²) in [6.07, 6.45) is 0. The molecule has 0 saturated carbocycles. The predicted molar refractivity (Wildman–Crippen MR) is 92.3 cm³/mol. The van der Waals surface area contributed by atoms with E-state index in [2.05, 4.69) is 10.4 Å². The van der Waals surface area contributed by atoms with E-state index in [0.29, 0.717) is 35.9 Å². The highest BCUT2D eigenvalue weighted by Gasteiger charge is 2.18. The smallest absolute Gasteiger partial charge is 0.280 e. The number of rotatable bonds is 2. The zero-order valence-corrected chi connectivity index (χ0v) is 13.8. The highest BCUT2D eigenvalue weighted by Crippen LogP contribution is 2.32. The van der Waals surface area contributed by atoms with Gasteiger partial charge < -0.3 is 14.8 Å². The molecule has 0 atom stereocenters. The number of hydrogen-bond acceptors (Lipinski definition) is 5. The van der Waals surface area contributed by atoms with Crippen molar-refractivity contribution in [1.29, 1.82) is 0 Å². The second-order valence-corrected chi connectivity index (χ2v) is 5.78. The van der Waals surface area contributed by atoms with Crippen LogP contribution in [0.4, 0.5) is 10.1 Å². The highest BCUT2D eigenvalue weighted by atomic mass is 19.1. The van der Waals surface area contributed by atoms with Gasteiger partial charge in [0.05, 0.1) is 10.9 Å². The minimum atomic E-state index is -0.687. The molecule has 2 aromatic carbocycles. The molecule has 0 bridgehead atoms. The quantitative estimate of drug-likeness (QED) is 0.761. The van der Waals surface area contributed by atoms with Crippen LogP contribution in [0.5, 0.6) is 11.5 Å². The molecule has 4 rings (SSSR count). The van der Waals surface area contributed by atoms with E-state index in [9.17, 15) is 14.0 Å². The zero-order chi connectivity index (χ0) is 18.3. The first-order valence-electron chi connectivity index (χ1n) is 7.90. The number of halogens is 1. The van der Waals surface area contributed by atoms with Gasteiger partial charge in [-0.1, -0.05) is 0 Å². The fourth-order valence-electron chi connectivity index (χ4n) is 2.81.